The van der Waals surface area contributed by atoms with E-state index in [0.717, 1.165) is 49.9 Å². The first-order chi connectivity index (χ1) is 12.7. The van der Waals surface area contributed by atoms with Crippen molar-refractivity contribution in [3.05, 3.63) is 65.2 Å². The number of aryl methyl sites for hydroxylation is 1. The van der Waals surface area contributed by atoms with Crippen LogP contribution in [0.5, 0.6) is 0 Å². The fraction of sp³-hybridized carbons (Fsp3) is 0.435. The van der Waals surface area contributed by atoms with Gasteiger partial charge in [-0.1, -0.05) is 44.2 Å². The molecule has 3 heteroatoms. The van der Waals surface area contributed by atoms with Crippen molar-refractivity contribution >= 4 is 11.6 Å². The Bertz CT molecular complexity index is 740. The van der Waals surface area contributed by atoms with Crippen LogP contribution in [0.4, 0.5) is 5.69 Å². The maximum atomic E-state index is 13.0. The Morgan fingerprint density at radius 1 is 1.12 bits per heavy atom. The third-order valence-corrected chi connectivity index (χ3v) is 5.41. The van der Waals surface area contributed by atoms with Gasteiger partial charge in [0.15, 0.2) is 0 Å². The van der Waals surface area contributed by atoms with Gasteiger partial charge in [0.05, 0.1) is 0 Å². The maximum absolute atomic E-state index is 13.0. The molecule has 1 aliphatic rings. The number of anilines is 1. The first-order valence-electron chi connectivity index (χ1n) is 9.94. The molecule has 26 heavy (non-hydrogen) atoms. The van der Waals surface area contributed by atoms with Gasteiger partial charge in [-0.05, 0) is 61.4 Å². The van der Waals surface area contributed by atoms with Crippen molar-refractivity contribution in [1.29, 1.82) is 0 Å². The van der Waals surface area contributed by atoms with Crippen LogP contribution >= 0.6 is 0 Å². The molecule has 1 fully saturated rings. The molecule has 0 radical (unpaired) electrons. The molecule has 1 atom stereocenters. The van der Waals surface area contributed by atoms with E-state index < -0.39 is 0 Å². The third-order valence-electron chi connectivity index (χ3n) is 5.41. The van der Waals surface area contributed by atoms with Gasteiger partial charge in [-0.2, -0.15) is 0 Å². The second-order valence-corrected chi connectivity index (χ2v) is 7.12. The number of nitrogens with zero attached hydrogens (tertiary/aromatic N) is 1. The fourth-order valence-electron chi connectivity index (χ4n) is 3.87. The average Bonchev–Trinajstić information content (AvgIpc) is 2.72. The van der Waals surface area contributed by atoms with Crippen molar-refractivity contribution in [2.24, 2.45) is 0 Å². The number of piperidine rings is 1. The van der Waals surface area contributed by atoms with Gasteiger partial charge in [-0.25, -0.2) is 0 Å². The zero-order chi connectivity index (χ0) is 18.4. The lowest BCUT2D eigenvalue weighted by atomic mass is 9.98. The molecule has 0 aromatic heterocycles. The number of amides is 1. The van der Waals surface area contributed by atoms with Crippen LogP contribution < -0.4 is 5.32 Å². The van der Waals surface area contributed by atoms with Crippen LogP contribution in [0.25, 0.3) is 0 Å². The molecule has 0 saturated carbocycles. The van der Waals surface area contributed by atoms with Crippen LogP contribution in [0, 0.1) is 0 Å². The summed E-state index contributed by atoms with van der Waals surface area (Å²) in [6.07, 6.45) is 5.55. The van der Waals surface area contributed by atoms with Gasteiger partial charge in [0.2, 0.25) is 0 Å². The molecule has 0 bridgehead atoms. The molecule has 0 spiro atoms. The Kier molecular flexibility index (Phi) is 6.32. The Morgan fingerprint density at radius 3 is 2.77 bits per heavy atom. The summed E-state index contributed by atoms with van der Waals surface area (Å²) in [4.78, 5) is 15.1. The van der Waals surface area contributed by atoms with Gasteiger partial charge in [0, 0.05) is 30.4 Å². The second kappa shape index (κ2) is 8.88. The van der Waals surface area contributed by atoms with Gasteiger partial charge in [-0.3, -0.25) is 4.79 Å². The van der Waals surface area contributed by atoms with E-state index in [1.54, 1.807) is 0 Å². The minimum absolute atomic E-state index is 0.187. The summed E-state index contributed by atoms with van der Waals surface area (Å²) in [7, 11) is 0. The minimum Gasteiger partial charge on any atom is -0.381 e. The first kappa shape index (κ1) is 18.5. The summed E-state index contributed by atoms with van der Waals surface area (Å²) in [5, 5.41) is 3.52. The summed E-state index contributed by atoms with van der Waals surface area (Å²) >= 11 is 0. The summed E-state index contributed by atoms with van der Waals surface area (Å²) in [5.41, 5.74) is 4.45. The van der Waals surface area contributed by atoms with Crippen LogP contribution in [0.1, 0.15) is 61.0 Å². The lowest BCUT2D eigenvalue weighted by Gasteiger charge is -2.35. The van der Waals surface area contributed by atoms with E-state index in [2.05, 4.69) is 54.4 Å². The Labute approximate surface area is 157 Å². The normalized spacial score (nSPS) is 17.2. The number of carbonyl (C=O) groups is 1. The van der Waals surface area contributed by atoms with Crippen molar-refractivity contribution in [3.63, 3.8) is 0 Å². The van der Waals surface area contributed by atoms with Crippen molar-refractivity contribution in [2.45, 2.75) is 58.5 Å². The highest BCUT2D eigenvalue weighted by Gasteiger charge is 2.26. The molecule has 2 aromatic rings. The quantitative estimate of drug-likeness (QED) is 0.770. The summed E-state index contributed by atoms with van der Waals surface area (Å²) in [5.74, 6) is 0.187. The van der Waals surface area contributed by atoms with E-state index in [9.17, 15) is 4.79 Å². The number of hydrogen-bond donors (Lipinski definition) is 1. The standard InChI is InChI=1S/C23H30N2O/c1-3-19-11-5-6-14-22(19)24-17-18-10-9-12-20(16-18)23(26)25-15-8-7-13-21(25)4-2/h5-6,9-12,14,16,21,24H,3-4,7-8,13,15,17H2,1-2H3. The topological polar surface area (TPSA) is 32.3 Å². The van der Waals surface area contributed by atoms with Gasteiger partial charge >= 0.3 is 0 Å². The smallest absolute Gasteiger partial charge is 0.254 e. The number of nitrogens with one attached hydrogen (secondary N) is 1. The molecule has 3 nitrogen and oxygen atoms in total. The number of likely N-dealkylation sites (tertiary alicyclic amines) is 1. The average molecular weight is 351 g/mol. The first-order valence-corrected chi connectivity index (χ1v) is 9.94. The predicted molar refractivity (Wildman–Crippen MR) is 109 cm³/mol. The highest BCUT2D eigenvalue weighted by Crippen LogP contribution is 2.22. The van der Waals surface area contributed by atoms with Crippen molar-refractivity contribution in [1.82, 2.24) is 4.90 Å². The largest absolute Gasteiger partial charge is 0.381 e. The number of para-hydroxylation sites is 1. The minimum atomic E-state index is 0.187. The van der Waals surface area contributed by atoms with Crippen molar-refractivity contribution in [2.75, 3.05) is 11.9 Å². The summed E-state index contributed by atoms with van der Waals surface area (Å²) in [6, 6.07) is 16.9. The SMILES string of the molecule is CCc1ccccc1NCc1cccc(C(=O)N2CCCCC2CC)c1. The zero-order valence-electron chi connectivity index (χ0n) is 16.0. The van der Waals surface area contributed by atoms with E-state index in [-0.39, 0.29) is 5.91 Å². The van der Waals surface area contributed by atoms with Crippen LogP contribution in [-0.2, 0) is 13.0 Å². The van der Waals surface area contributed by atoms with E-state index in [0.29, 0.717) is 6.04 Å². The fourth-order valence-corrected chi connectivity index (χ4v) is 3.87. The van der Waals surface area contributed by atoms with Gasteiger partial charge in [0.25, 0.3) is 5.91 Å². The number of hydrogen-bond acceptors (Lipinski definition) is 2. The van der Waals surface area contributed by atoms with Gasteiger partial charge < -0.3 is 10.2 Å². The lowest BCUT2D eigenvalue weighted by molar-refractivity contribution is 0.0608. The molecule has 1 amide bonds. The van der Waals surface area contributed by atoms with E-state index in [4.69, 9.17) is 0 Å². The molecule has 1 heterocycles. The number of rotatable bonds is 6. The number of benzene rings is 2. The molecule has 0 aliphatic carbocycles. The molecular formula is C23H30N2O. The van der Waals surface area contributed by atoms with Crippen LogP contribution in [0.2, 0.25) is 0 Å². The maximum Gasteiger partial charge on any atom is 0.254 e. The highest BCUT2D eigenvalue weighted by molar-refractivity contribution is 5.94. The summed E-state index contributed by atoms with van der Waals surface area (Å²) < 4.78 is 0. The van der Waals surface area contributed by atoms with Crippen LogP contribution in [0.3, 0.4) is 0 Å². The van der Waals surface area contributed by atoms with Crippen molar-refractivity contribution in [3.8, 4) is 0 Å². The van der Waals surface area contributed by atoms with E-state index >= 15 is 0 Å². The molecule has 1 saturated heterocycles. The molecular weight excluding hydrogens is 320 g/mol. The van der Waals surface area contributed by atoms with Gasteiger partial charge in [-0.15, -0.1) is 0 Å². The Balaban J connectivity index is 1.70. The third kappa shape index (κ3) is 4.27. The van der Waals surface area contributed by atoms with Crippen LogP contribution in [0.15, 0.2) is 48.5 Å². The van der Waals surface area contributed by atoms with Crippen molar-refractivity contribution < 1.29 is 4.79 Å². The molecule has 1 aliphatic heterocycles. The molecule has 1 N–H and O–H groups in total. The Hall–Kier alpha value is -2.29. The van der Waals surface area contributed by atoms with E-state index in [1.807, 2.05) is 18.2 Å². The summed E-state index contributed by atoms with van der Waals surface area (Å²) in [6.45, 7) is 5.98. The molecule has 3 rings (SSSR count). The monoisotopic (exact) mass is 350 g/mol. The molecule has 1 unspecified atom stereocenters. The molecule has 138 valence electrons. The predicted octanol–water partition coefficient (Wildman–Crippen LogP) is 5.27. The van der Waals surface area contributed by atoms with Crippen LogP contribution in [-0.4, -0.2) is 23.4 Å². The van der Waals surface area contributed by atoms with E-state index in [1.165, 1.54) is 17.7 Å². The zero-order valence-corrected chi connectivity index (χ0v) is 16.0. The Morgan fingerprint density at radius 2 is 1.96 bits per heavy atom. The lowest BCUT2D eigenvalue weighted by Crippen LogP contribution is -2.43. The highest BCUT2D eigenvalue weighted by atomic mass is 16.2. The number of carbonyl (C=O) groups excluding carboxylic acids is 1. The second-order valence-electron chi connectivity index (χ2n) is 7.12. The van der Waals surface area contributed by atoms with Gasteiger partial charge in [0.1, 0.15) is 0 Å². The molecule has 2 aromatic carbocycles.